The second-order valence-corrected chi connectivity index (χ2v) is 6.74. The lowest BCUT2D eigenvalue weighted by Crippen LogP contribution is -2.50. The summed E-state index contributed by atoms with van der Waals surface area (Å²) < 4.78 is 90.1. The molecule has 2 heterocycles. The molecule has 2 aliphatic heterocycles. The minimum absolute atomic E-state index is 0.0107. The maximum Gasteiger partial charge on any atom is 0.522 e. The number of alkyl halides is 3. The van der Waals surface area contributed by atoms with Crippen molar-refractivity contribution in [2.75, 3.05) is 13.2 Å². The fourth-order valence-electron chi connectivity index (χ4n) is 1.58. The molecule has 0 spiro atoms. The number of nitrogens with one attached hydrogen (secondary N) is 1. The Kier molecular flexibility index (Phi) is 5.55. The second-order valence-electron chi connectivity index (χ2n) is 3.99. The van der Waals surface area contributed by atoms with Crippen molar-refractivity contribution in [3.05, 3.63) is 0 Å². The third-order valence-corrected chi connectivity index (χ3v) is 4.05. The van der Waals surface area contributed by atoms with E-state index in [0.717, 1.165) is 19.4 Å². The number of rotatable bonds is 0. The number of hydrogen-bond acceptors (Lipinski definition) is 6. The van der Waals surface area contributed by atoms with Gasteiger partial charge in [0.2, 0.25) is 0 Å². The number of halogens is 4. The monoisotopic (exact) mass is 345 g/mol. The first-order chi connectivity index (χ1) is 8.92. The van der Waals surface area contributed by atoms with Crippen molar-refractivity contribution in [3.63, 3.8) is 0 Å². The molecular formula is C7H12F4NO6PS. The molecule has 120 valence electrons. The van der Waals surface area contributed by atoms with Crippen molar-refractivity contribution in [1.82, 2.24) is 5.32 Å². The summed E-state index contributed by atoms with van der Waals surface area (Å²) in [7, 11) is -10.1. The summed E-state index contributed by atoms with van der Waals surface area (Å²) in [4.78, 5) is 0. The minimum atomic E-state index is -5.84. The topological polar surface area (TPSA) is 102 Å². The van der Waals surface area contributed by atoms with Crippen LogP contribution in [-0.2, 0) is 23.7 Å². The molecular weight excluding hydrogens is 333 g/mol. The molecule has 2 saturated heterocycles. The Balaban J connectivity index is 0.000000221. The van der Waals surface area contributed by atoms with Gasteiger partial charge in [-0.15, -0.1) is 4.20 Å². The van der Waals surface area contributed by atoms with Gasteiger partial charge in [-0.2, -0.15) is 21.6 Å². The molecule has 0 radical (unpaired) electrons. The maximum absolute atomic E-state index is 12.7. The van der Waals surface area contributed by atoms with Crippen LogP contribution in [0.5, 0.6) is 0 Å². The summed E-state index contributed by atoms with van der Waals surface area (Å²) in [5.74, 6) is 0. The highest BCUT2D eigenvalue weighted by molar-refractivity contribution is 7.86. The van der Waals surface area contributed by atoms with Crippen molar-refractivity contribution in [1.29, 1.82) is 0 Å². The van der Waals surface area contributed by atoms with Crippen LogP contribution in [-0.4, -0.2) is 43.8 Å². The highest BCUT2D eigenvalue weighted by atomic mass is 32.2. The maximum atomic E-state index is 12.7. The van der Waals surface area contributed by atoms with Gasteiger partial charge in [-0.25, -0.2) is 4.57 Å². The summed E-state index contributed by atoms with van der Waals surface area (Å²) in [5, 5.41) is 3.12. The van der Waals surface area contributed by atoms with Crippen molar-refractivity contribution in [3.8, 4) is 0 Å². The molecule has 7 nitrogen and oxygen atoms in total. The van der Waals surface area contributed by atoms with Gasteiger partial charge in [0, 0.05) is 0 Å². The summed E-state index contributed by atoms with van der Waals surface area (Å²) in [5.41, 5.74) is -5.53. The number of fused-ring (bicyclic) bond motifs is 1. The van der Waals surface area contributed by atoms with Gasteiger partial charge in [-0.3, -0.25) is 13.6 Å². The molecule has 0 aromatic heterocycles. The van der Waals surface area contributed by atoms with Crippen molar-refractivity contribution >= 4 is 18.0 Å². The van der Waals surface area contributed by atoms with E-state index in [1.54, 1.807) is 0 Å². The molecule has 0 aromatic rings. The van der Waals surface area contributed by atoms with Gasteiger partial charge in [0.15, 0.2) is 0 Å². The molecule has 0 aromatic carbocycles. The molecule has 2 aliphatic rings. The van der Waals surface area contributed by atoms with Crippen LogP contribution in [0, 0.1) is 0 Å². The van der Waals surface area contributed by atoms with E-state index in [1.165, 1.54) is 0 Å². The fourth-order valence-corrected chi connectivity index (χ4v) is 2.55. The second kappa shape index (κ2) is 6.24. The summed E-state index contributed by atoms with van der Waals surface area (Å²) in [6.45, 7) is 1.04. The van der Waals surface area contributed by atoms with E-state index >= 15 is 0 Å². The van der Waals surface area contributed by atoms with Gasteiger partial charge in [-0.05, 0) is 19.4 Å². The normalized spacial score (nSPS) is 34.6. The van der Waals surface area contributed by atoms with Gasteiger partial charge in [-0.1, -0.05) is 0 Å². The van der Waals surface area contributed by atoms with Gasteiger partial charge >= 0.3 is 23.5 Å². The van der Waals surface area contributed by atoms with Gasteiger partial charge in [0.05, 0.1) is 18.8 Å². The Morgan fingerprint density at radius 3 is 2.40 bits per heavy atom. The van der Waals surface area contributed by atoms with Crippen LogP contribution in [0.25, 0.3) is 0 Å². The van der Waals surface area contributed by atoms with E-state index in [-0.39, 0.29) is 18.8 Å². The summed E-state index contributed by atoms with van der Waals surface area (Å²) in [6.07, 6.45) is 1.42. The van der Waals surface area contributed by atoms with E-state index in [2.05, 4.69) is 14.4 Å². The summed E-state index contributed by atoms with van der Waals surface area (Å²) >= 11 is 0. The Morgan fingerprint density at radius 2 is 1.90 bits per heavy atom. The molecule has 0 amide bonds. The van der Waals surface area contributed by atoms with E-state index in [0.29, 0.717) is 0 Å². The molecule has 0 bridgehead atoms. The van der Waals surface area contributed by atoms with Crippen LogP contribution < -0.4 is 5.32 Å². The minimum Gasteiger partial charge on any atom is -0.309 e. The van der Waals surface area contributed by atoms with Crippen LogP contribution >= 0.6 is 7.91 Å². The van der Waals surface area contributed by atoms with Gasteiger partial charge in [0.25, 0.3) is 0 Å². The fraction of sp³-hybridized carbons (Fsp3) is 1.00. The standard InChI is InChI=1S/C6H11FNO3P.CHF3O3S/c7-12(9)10-4-5-6(11-12)2-1-3-8-5;2-1(3,4)8(5,6)7/h5-6,8H,1-4H2;(H,5,6,7)/t5-,6+,12?;/m1./s1. The van der Waals surface area contributed by atoms with Crippen molar-refractivity contribution in [2.45, 2.75) is 30.5 Å². The molecule has 1 unspecified atom stereocenters. The van der Waals surface area contributed by atoms with Gasteiger partial charge in [0.1, 0.15) is 0 Å². The first-order valence-electron chi connectivity index (χ1n) is 5.32. The zero-order chi connectivity index (χ0) is 15.6. The lowest BCUT2D eigenvalue weighted by molar-refractivity contribution is -0.0510. The van der Waals surface area contributed by atoms with Crippen LogP contribution in [0.1, 0.15) is 12.8 Å². The van der Waals surface area contributed by atoms with E-state index in [9.17, 15) is 21.9 Å². The molecule has 0 aliphatic carbocycles. The highest BCUT2D eigenvalue weighted by Gasteiger charge is 2.44. The van der Waals surface area contributed by atoms with E-state index < -0.39 is 23.5 Å². The average Bonchev–Trinajstić information content (AvgIpc) is 2.25. The van der Waals surface area contributed by atoms with Crippen LogP contribution in [0.15, 0.2) is 0 Å². The predicted molar refractivity (Wildman–Crippen MR) is 58.2 cm³/mol. The Hall–Kier alpha value is -0.260. The quantitative estimate of drug-likeness (QED) is 0.298. The zero-order valence-electron chi connectivity index (χ0n) is 9.84. The predicted octanol–water partition coefficient (Wildman–Crippen LogP) is 1.63. The molecule has 0 saturated carbocycles. The van der Waals surface area contributed by atoms with Crippen LogP contribution in [0.4, 0.5) is 17.4 Å². The number of hydrogen-bond donors (Lipinski definition) is 2. The highest BCUT2D eigenvalue weighted by Crippen LogP contribution is 2.54. The van der Waals surface area contributed by atoms with Crippen molar-refractivity contribution < 1.29 is 44.0 Å². The SMILES string of the molecule is O=P1(F)OC[C@H]2NCCC[C@@H]2O1.O=S(=O)(O)C(F)(F)F. The molecule has 2 fully saturated rings. The first-order valence-corrected chi connectivity index (χ1v) is 8.19. The lowest BCUT2D eigenvalue weighted by atomic mass is 10.0. The number of piperidine rings is 1. The first kappa shape index (κ1) is 17.8. The Labute approximate surface area is 112 Å². The molecule has 3 atom stereocenters. The molecule has 20 heavy (non-hydrogen) atoms. The largest absolute Gasteiger partial charge is 0.522 e. The van der Waals surface area contributed by atoms with Gasteiger partial charge < -0.3 is 5.32 Å². The van der Waals surface area contributed by atoms with Crippen LogP contribution in [0.2, 0.25) is 0 Å². The molecule has 2 N–H and O–H groups in total. The average molecular weight is 345 g/mol. The van der Waals surface area contributed by atoms with E-state index in [1.807, 2.05) is 0 Å². The molecule has 13 heteroatoms. The third-order valence-electron chi connectivity index (χ3n) is 2.48. The summed E-state index contributed by atoms with van der Waals surface area (Å²) in [6, 6.07) is 0.0107. The zero-order valence-corrected chi connectivity index (χ0v) is 11.5. The Morgan fingerprint density at radius 1 is 1.35 bits per heavy atom. The smallest absolute Gasteiger partial charge is 0.309 e. The third kappa shape index (κ3) is 5.26. The lowest BCUT2D eigenvalue weighted by Gasteiger charge is -2.36. The van der Waals surface area contributed by atoms with Crippen LogP contribution in [0.3, 0.4) is 0 Å². The Bertz CT molecular complexity index is 482. The molecule has 2 rings (SSSR count). The van der Waals surface area contributed by atoms with Crippen molar-refractivity contribution in [2.24, 2.45) is 0 Å². The van der Waals surface area contributed by atoms with E-state index in [4.69, 9.17) is 13.0 Å².